The zero-order chi connectivity index (χ0) is 17.2. The van der Waals surface area contributed by atoms with E-state index in [2.05, 4.69) is 10.00 Å². The maximum atomic E-state index is 12.7. The number of rotatable bonds is 3. The molecular weight excluding hydrogens is 316 g/mol. The van der Waals surface area contributed by atoms with Gasteiger partial charge in [0.1, 0.15) is 0 Å². The first-order chi connectivity index (χ1) is 12.2. The van der Waals surface area contributed by atoms with Crippen molar-refractivity contribution in [2.45, 2.75) is 38.3 Å². The molecule has 2 aliphatic heterocycles. The van der Waals surface area contributed by atoms with Crippen LogP contribution in [0.3, 0.4) is 0 Å². The average molecular weight is 340 g/mol. The van der Waals surface area contributed by atoms with Gasteiger partial charge in [-0.2, -0.15) is 5.10 Å². The number of fused-ring (bicyclic) bond motifs is 2. The molecule has 1 atom stereocenters. The molecule has 1 amide bonds. The Morgan fingerprint density at radius 3 is 2.96 bits per heavy atom. The van der Waals surface area contributed by atoms with Crippen LogP contribution in [0.5, 0.6) is 0 Å². The van der Waals surface area contributed by atoms with Crippen LogP contribution in [-0.2, 0) is 11.3 Å². The van der Waals surface area contributed by atoms with E-state index in [0.717, 1.165) is 25.2 Å². The minimum atomic E-state index is -0.0772. The molecule has 0 spiro atoms. The molecule has 0 saturated carbocycles. The van der Waals surface area contributed by atoms with Crippen molar-refractivity contribution in [3.05, 3.63) is 40.7 Å². The van der Waals surface area contributed by atoms with E-state index >= 15 is 0 Å². The van der Waals surface area contributed by atoms with Gasteiger partial charge in [-0.3, -0.25) is 19.2 Å². The highest BCUT2D eigenvalue weighted by molar-refractivity contribution is 5.79. The molecule has 1 aromatic heterocycles. The van der Waals surface area contributed by atoms with Gasteiger partial charge in [0, 0.05) is 37.5 Å². The van der Waals surface area contributed by atoms with Gasteiger partial charge in [-0.15, -0.1) is 0 Å². The van der Waals surface area contributed by atoms with Crippen LogP contribution in [0, 0.1) is 0 Å². The SMILES string of the molecule is O=C(CCn1ncc(=O)c2ccccc21)N1CCN2CCCCC2C1. The molecule has 1 aromatic carbocycles. The number of piperazine rings is 1. The second kappa shape index (κ2) is 6.96. The lowest BCUT2D eigenvalue weighted by molar-refractivity contribution is -0.135. The number of aryl methyl sites for hydroxylation is 1. The van der Waals surface area contributed by atoms with Crippen LogP contribution < -0.4 is 5.43 Å². The molecular formula is C19H24N4O2. The predicted octanol–water partition coefficient (Wildman–Crippen LogP) is 1.48. The second-order valence-electron chi connectivity index (χ2n) is 7.02. The Hall–Kier alpha value is -2.21. The summed E-state index contributed by atoms with van der Waals surface area (Å²) >= 11 is 0. The molecule has 0 radical (unpaired) electrons. The predicted molar refractivity (Wildman–Crippen MR) is 96.4 cm³/mol. The molecule has 132 valence electrons. The monoisotopic (exact) mass is 340 g/mol. The average Bonchev–Trinajstić information content (AvgIpc) is 2.67. The van der Waals surface area contributed by atoms with Gasteiger partial charge in [0.2, 0.25) is 11.3 Å². The van der Waals surface area contributed by atoms with Crippen LogP contribution in [0.15, 0.2) is 35.3 Å². The third kappa shape index (κ3) is 3.31. The summed E-state index contributed by atoms with van der Waals surface area (Å²) in [6, 6.07) is 7.97. The minimum absolute atomic E-state index is 0.0772. The minimum Gasteiger partial charge on any atom is -0.340 e. The summed E-state index contributed by atoms with van der Waals surface area (Å²) in [5.74, 6) is 0.190. The van der Waals surface area contributed by atoms with Crippen LogP contribution in [0.1, 0.15) is 25.7 Å². The van der Waals surface area contributed by atoms with Crippen molar-refractivity contribution in [3.8, 4) is 0 Å². The van der Waals surface area contributed by atoms with Crippen molar-refractivity contribution >= 4 is 16.8 Å². The lowest BCUT2D eigenvalue weighted by atomic mass is 9.99. The van der Waals surface area contributed by atoms with Crippen LogP contribution in [0.25, 0.3) is 10.9 Å². The van der Waals surface area contributed by atoms with E-state index in [0.29, 0.717) is 24.4 Å². The smallest absolute Gasteiger partial charge is 0.224 e. The Morgan fingerprint density at radius 2 is 2.04 bits per heavy atom. The van der Waals surface area contributed by atoms with Gasteiger partial charge in [0.15, 0.2) is 0 Å². The number of amides is 1. The summed E-state index contributed by atoms with van der Waals surface area (Å²) in [4.78, 5) is 29.1. The lowest BCUT2D eigenvalue weighted by Crippen LogP contribution is -2.56. The molecule has 1 unspecified atom stereocenters. The van der Waals surface area contributed by atoms with E-state index < -0.39 is 0 Å². The highest BCUT2D eigenvalue weighted by Crippen LogP contribution is 2.21. The highest BCUT2D eigenvalue weighted by Gasteiger charge is 2.30. The van der Waals surface area contributed by atoms with E-state index in [1.807, 2.05) is 23.1 Å². The summed E-state index contributed by atoms with van der Waals surface area (Å²) in [7, 11) is 0. The molecule has 25 heavy (non-hydrogen) atoms. The summed E-state index contributed by atoms with van der Waals surface area (Å²) in [6.45, 7) is 4.37. The van der Waals surface area contributed by atoms with Gasteiger partial charge >= 0.3 is 0 Å². The largest absolute Gasteiger partial charge is 0.340 e. The van der Waals surface area contributed by atoms with Crippen LogP contribution in [0.4, 0.5) is 0 Å². The van der Waals surface area contributed by atoms with E-state index in [4.69, 9.17) is 0 Å². The normalized spacial score (nSPS) is 21.3. The van der Waals surface area contributed by atoms with E-state index in [1.165, 1.54) is 32.0 Å². The summed E-state index contributed by atoms with van der Waals surface area (Å²) in [5.41, 5.74) is 0.714. The first-order valence-corrected chi connectivity index (χ1v) is 9.19. The molecule has 4 rings (SSSR count). The van der Waals surface area contributed by atoms with Crippen LogP contribution in [-0.4, -0.2) is 57.7 Å². The standard InChI is InChI=1S/C19H24N4O2/c24-18-13-20-23(17-7-2-1-6-16(17)18)10-8-19(25)22-12-11-21-9-4-3-5-15(21)14-22/h1-2,6-7,13,15H,3-5,8-12,14H2. The first kappa shape index (κ1) is 16.3. The van der Waals surface area contributed by atoms with Gasteiger partial charge < -0.3 is 4.90 Å². The van der Waals surface area contributed by atoms with Crippen molar-refractivity contribution in [2.24, 2.45) is 0 Å². The molecule has 2 saturated heterocycles. The third-order valence-corrected chi connectivity index (χ3v) is 5.49. The maximum Gasteiger partial charge on any atom is 0.224 e. The number of benzene rings is 1. The Balaban J connectivity index is 1.42. The molecule has 2 aliphatic rings. The third-order valence-electron chi connectivity index (χ3n) is 5.49. The van der Waals surface area contributed by atoms with Crippen LogP contribution >= 0.6 is 0 Å². The Labute approximate surface area is 147 Å². The van der Waals surface area contributed by atoms with Crippen molar-refractivity contribution in [1.82, 2.24) is 19.6 Å². The number of nitrogens with zero attached hydrogens (tertiary/aromatic N) is 4. The van der Waals surface area contributed by atoms with Crippen molar-refractivity contribution in [3.63, 3.8) is 0 Å². The van der Waals surface area contributed by atoms with Gasteiger partial charge in [0.05, 0.1) is 18.3 Å². The Kier molecular flexibility index (Phi) is 4.53. The second-order valence-corrected chi connectivity index (χ2v) is 7.02. The summed E-state index contributed by atoms with van der Waals surface area (Å²) in [5, 5.41) is 4.87. The molecule has 2 aromatic rings. The van der Waals surface area contributed by atoms with Crippen molar-refractivity contribution in [1.29, 1.82) is 0 Å². The molecule has 3 heterocycles. The number of hydrogen-bond donors (Lipinski definition) is 0. The quantitative estimate of drug-likeness (QED) is 0.849. The van der Waals surface area contributed by atoms with Gasteiger partial charge in [-0.25, -0.2) is 0 Å². The zero-order valence-electron chi connectivity index (χ0n) is 14.4. The number of carbonyl (C=O) groups is 1. The van der Waals surface area contributed by atoms with E-state index in [1.54, 1.807) is 10.7 Å². The molecule has 0 aliphatic carbocycles. The van der Waals surface area contributed by atoms with E-state index in [-0.39, 0.29) is 11.3 Å². The van der Waals surface area contributed by atoms with Crippen LogP contribution in [0.2, 0.25) is 0 Å². The van der Waals surface area contributed by atoms with Gasteiger partial charge in [0.25, 0.3) is 0 Å². The number of hydrogen-bond acceptors (Lipinski definition) is 4. The number of carbonyl (C=O) groups excluding carboxylic acids is 1. The van der Waals surface area contributed by atoms with Crippen molar-refractivity contribution in [2.75, 3.05) is 26.2 Å². The molecule has 6 heteroatoms. The molecule has 6 nitrogen and oxygen atoms in total. The Bertz CT molecular complexity index is 832. The number of piperidine rings is 1. The number of para-hydroxylation sites is 1. The van der Waals surface area contributed by atoms with Gasteiger partial charge in [-0.05, 0) is 31.5 Å². The van der Waals surface area contributed by atoms with E-state index in [9.17, 15) is 9.59 Å². The number of aromatic nitrogens is 2. The maximum absolute atomic E-state index is 12.7. The summed E-state index contributed by atoms with van der Waals surface area (Å²) in [6.07, 6.45) is 5.53. The topological polar surface area (TPSA) is 58.4 Å². The zero-order valence-corrected chi connectivity index (χ0v) is 14.4. The highest BCUT2D eigenvalue weighted by atomic mass is 16.2. The lowest BCUT2D eigenvalue weighted by Gasteiger charge is -2.44. The summed E-state index contributed by atoms with van der Waals surface area (Å²) < 4.78 is 1.77. The molecule has 0 bridgehead atoms. The molecule has 0 N–H and O–H groups in total. The fourth-order valence-corrected chi connectivity index (χ4v) is 4.08. The first-order valence-electron chi connectivity index (χ1n) is 9.19. The Morgan fingerprint density at radius 1 is 1.16 bits per heavy atom. The van der Waals surface area contributed by atoms with Gasteiger partial charge in [-0.1, -0.05) is 18.6 Å². The molecule has 2 fully saturated rings. The van der Waals surface area contributed by atoms with Crippen molar-refractivity contribution < 1.29 is 4.79 Å². The fraction of sp³-hybridized carbons (Fsp3) is 0.526. The fourth-order valence-electron chi connectivity index (χ4n) is 4.08.